The Balaban J connectivity index is 1.91. The molecular formula is C16H10F4N4O3. The highest BCUT2D eigenvalue weighted by molar-refractivity contribution is 5.65. The molecule has 0 aliphatic rings. The molecular weight excluding hydrogens is 372 g/mol. The number of aromatic nitrogens is 3. The van der Waals surface area contributed by atoms with E-state index in [2.05, 4.69) is 19.6 Å². The van der Waals surface area contributed by atoms with Gasteiger partial charge in [0.25, 0.3) is 0 Å². The predicted octanol–water partition coefficient (Wildman–Crippen LogP) is 3.47. The van der Waals surface area contributed by atoms with Gasteiger partial charge in [-0.25, -0.2) is 9.18 Å². The molecule has 0 fully saturated rings. The Morgan fingerprint density at radius 1 is 1.22 bits per heavy atom. The minimum atomic E-state index is -4.77. The number of amides is 1. The van der Waals surface area contributed by atoms with Gasteiger partial charge >= 0.3 is 18.2 Å². The molecule has 1 atom stereocenters. The number of nitrogens with two attached hydrogens (primary N) is 1. The van der Waals surface area contributed by atoms with E-state index in [1.165, 1.54) is 30.3 Å². The third kappa shape index (κ3) is 4.19. The van der Waals surface area contributed by atoms with Crippen LogP contribution in [-0.4, -0.2) is 21.2 Å². The molecule has 0 aliphatic heterocycles. The van der Waals surface area contributed by atoms with Crippen molar-refractivity contribution in [2.45, 2.75) is 12.3 Å². The van der Waals surface area contributed by atoms with Gasteiger partial charge in [0.1, 0.15) is 5.82 Å². The van der Waals surface area contributed by atoms with Crippen molar-refractivity contribution in [3.8, 4) is 11.4 Å². The monoisotopic (exact) mass is 382 g/mol. The van der Waals surface area contributed by atoms with Gasteiger partial charge in [-0.3, -0.25) is 4.98 Å². The first-order chi connectivity index (χ1) is 12.7. The molecule has 1 unspecified atom stereocenters. The maximum absolute atomic E-state index is 13.5. The van der Waals surface area contributed by atoms with E-state index in [1.54, 1.807) is 0 Å². The maximum atomic E-state index is 13.5. The second-order valence-electron chi connectivity index (χ2n) is 5.26. The largest absolute Gasteiger partial charge is 0.471 e. The van der Waals surface area contributed by atoms with Crippen LogP contribution in [0.4, 0.5) is 22.4 Å². The summed E-state index contributed by atoms with van der Waals surface area (Å²) in [4.78, 5) is 18.4. The molecule has 0 saturated carbocycles. The van der Waals surface area contributed by atoms with Crippen LogP contribution in [0.2, 0.25) is 0 Å². The Morgan fingerprint density at radius 3 is 2.56 bits per heavy atom. The van der Waals surface area contributed by atoms with Gasteiger partial charge in [-0.05, 0) is 24.3 Å². The highest BCUT2D eigenvalue weighted by Gasteiger charge is 2.38. The summed E-state index contributed by atoms with van der Waals surface area (Å²) >= 11 is 0. The SMILES string of the molecule is NC(=O)OC(c1cccc(F)c1)c1ccc(-c2noc(C(F)(F)F)n2)cn1. The molecule has 27 heavy (non-hydrogen) atoms. The van der Waals surface area contributed by atoms with Crippen molar-refractivity contribution in [2.24, 2.45) is 5.73 Å². The van der Waals surface area contributed by atoms with Gasteiger partial charge in [0, 0.05) is 17.3 Å². The molecule has 0 spiro atoms. The Bertz CT molecular complexity index is 957. The summed E-state index contributed by atoms with van der Waals surface area (Å²) in [5, 5.41) is 3.24. The van der Waals surface area contributed by atoms with E-state index in [1.807, 2.05) is 0 Å². The fourth-order valence-electron chi connectivity index (χ4n) is 2.23. The van der Waals surface area contributed by atoms with Crippen molar-refractivity contribution in [3.63, 3.8) is 0 Å². The highest BCUT2D eigenvalue weighted by Crippen LogP contribution is 2.30. The van der Waals surface area contributed by atoms with Crippen LogP contribution in [0.3, 0.4) is 0 Å². The first kappa shape index (κ1) is 18.3. The fourth-order valence-corrected chi connectivity index (χ4v) is 2.23. The van der Waals surface area contributed by atoms with E-state index in [0.29, 0.717) is 0 Å². The predicted molar refractivity (Wildman–Crippen MR) is 81.4 cm³/mol. The lowest BCUT2D eigenvalue weighted by molar-refractivity contribution is -0.159. The number of halogens is 4. The number of pyridine rings is 1. The molecule has 7 nitrogen and oxygen atoms in total. The second-order valence-corrected chi connectivity index (χ2v) is 5.26. The normalized spacial score (nSPS) is 12.6. The molecule has 2 heterocycles. The number of carbonyl (C=O) groups excluding carboxylic acids is 1. The summed E-state index contributed by atoms with van der Waals surface area (Å²) in [5.74, 6) is -2.37. The van der Waals surface area contributed by atoms with Crippen LogP contribution in [0.1, 0.15) is 23.3 Å². The molecule has 0 saturated heterocycles. The maximum Gasteiger partial charge on any atom is 0.471 e. The van der Waals surface area contributed by atoms with Crippen LogP contribution in [0.5, 0.6) is 0 Å². The first-order valence-electron chi connectivity index (χ1n) is 7.33. The summed E-state index contributed by atoms with van der Waals surface area (Å²) < 4.78 is 60.2. The molecule has 0 bridgehead atoms. The molecule has 1 aromatic carbocycles. The summed E-state index contributed by atoms with van der Waals surface area (Å²) in [6, 6.07) is 7.96. The zero-order chi connectivity index (χ0) is 19.6. The Hall–Kier alpha value is -3.50. The zero-order valence-corrected chi connectivity index (χ0v) is 13.3. The summed E-state index contributed by atoms with van der Waals surface area (Å²) in [7, 11) is 0. The van der Waals surface area contributed by atoms with Gasteiger partial charge < -0.3 is 15.0 Å². The molecule has 3 rings (SSSR count). The number of benzene rings is 1. The van der Waals surface area contributed by atoms with Crippen LogP contribution in [-0.2, 0) is 10.9 Å². The summed E-state index contributed by atoms with van der Waals surface area (Å²) in [5.41, 5.74) is 5.62. The van der Waals surface area contributed by atoms with E-state index >= 15 is 0 Å². The van der Waals surface area contributed by atoms with Crippen LogP contribution < -0.4 is 5.73 Å². The first-order valence-corrected chi connectivity index (χ1v) is 7.33. The summed E-state index contributed by atoms with van der Waals surface area (Å²) in [6.45, 7) is 0. The molecule has 0 aliphatic carbocycles. The second kappa shape index (κ2) is 7.02. The molecule has 140 valence electrons. The van der Waals surface area contributed by atoms with Crippen LogP contribution >= 0.6 is 0 Å². The van der Waals surface area contributed by atoms with Crippen LogP contribution in [0.15, 0.2) is 47.1 Å². The molecule has 2 aromatic heterocycles. The van der Waals surface area contributed by atoms with Gasteiger partial charge in [-0.1, -0.05) is 17.3 Å². The average molecular weight is 382 g/mol. The molecule has 11 heteroatoms. The topological polar surface area (TPSA) is 104 Å². The number of alkyl halides is 3. The average Bonchev–Trinajstić information content (AvgIpc) is 3.10. The van der Waals surface area contributed by atoms with Crippen molar-refractivity contribution in [1.82, 2.24) is 15.1 Å². The number of primary amides is 1. The number of ether oxygens (including phenoxy) is 1. The number of nitrogens with zero attached hydrogens (tertiary/aromatic N) is 3. The lowest BCUT2D eigenvalue weighted by atomic mass is 10.1. The lowest BCUT2D eigenvalue weighted by Gasteiger charge is -2.16. The molecule has 2 N–H and O–H groups in total. The van der Waals surface area contributed by atoms with E-state index in [4.69, 9.17) is 10.5 Å². The fraction of sp³-hybridized carbons (Fsp3) is 0.125. The van der Waals surface area contributed by atoms with Gasteiger partial charge in [0.2, 0.25) is 5.82 Å². The van der Waals surface area contributed by atoms with Crippen LogP contribution in [0.25, 0.3) is 11.4 Å². The van der Waals surface area contributed by atoms with Gasteiger partial charge in [0.15, 0.2) is 6.10 Å². The smallest absolute Gasteiger partial charge is 0.435 e. The minimum absolute atomic E-state index is 0.134. The van der Waals surface area contributed by atoms with Crippen molar-refractivity contribution >= 4 is 6.09 Å². The number of rotatable bonds is 4. The van der Waals surface area contributed by atoms with Crippen molar-refractivity contribution < 1.29 is 31.6 Å². The standard InChI is InChI=1S/C16H10F4N4O3/c17-10-3-1-2-8(6-10)12(26-15(21)25)11-5-4-9(7-22-11)13-23-14(27-24-13)16(18,19)20/h1-7,12H,(H2,21,25). The minimum Gasteiger partial charge on any atom is -0.435 e. The molecule has 0 radical (unpaired) electrons. The summed E-state index contributed by atoms with van der Waals surface area (Å²) in [6.07, 6.45) is -5.82. The third-order valence-electron chi connectivity index (χ3n) is 3.37. The van der Waals surface area contributed by atoms with Gasteiger partial charge in [-0.2, -0.15) is 18.2 Å². The van der Waals surface area contributed by atoms with Crippen LogP contribution in [0, 0.1) is 5.82 Å². The number of carbonyl (C=O) groups is 1. The highest BCUT2D eigenvalue weighted by atomic mass is 19.4. The lowest BCUT2D eigenvalue weighted by Crippen LogP contribution is -2.19. The zero-order valence-electron chi connectivity index (χ0n) is 13.3. The Morgan fingerprint density at radius 2 is 2.00 bits per heavy atom. The number of hydrogen-bond donors (Lipinski definition) is 1. The molecule has 1 amide bonds. The number of hydrogen-bond acceptors (Lipinski definition) is 6. The Labute approximate surface area is 148 Å². The Kier molecular flexibility index (Phi) is 4.75. The van der Waals surface area contributed by atoms with Crippen molar-refractivity contribution in [3.05, 3.63) is 65.6 Å². The van der Waals surface area contributed by atoms with E-state index in [9.17, 15) is 22.4 Å². The van der Waals surface area contributed by atoms with Crippen molar-refractivity contribution in [1.29, 1.82) is 0 Å². The van der Waals surface area contributed by atoms with E-state index in [0.717, 1.165) is 12.3 Å². The van der Waals surface area contributed by atoms with E-state index < -0.39 is 30.1 Å². The van der Waals surface area contributed by atoms with Gasteiger partial charge in [-0.15, -0.1) is 0 Å². The van der Waals surface area contributed by atoms with Gasteiger partial charge in [0.05, 0.1) is 5.69 Å². The third-order valence-corrected chi connectivity index (χ3v) is 3.37. The molecule has 3 aromatic rings. The van der Waals surface area contributed by atoms with Crippen molar-refractivity contribution in [2.75, 3.05) is 0 Å². The quantitative estimate of drug-likeness (QED) is 0.693. The van der Waals surface area contributed by atoms with E-state index in [-0.39, 0.29) is 22.6 Å².